The molecule has 0 spiro atoms. The molecule has 0 radical (unpaired) electrons. The fraction of sp³-hybridized carbons (Fsp3) is 0.364. The van der Waals surface area contributed by atoms with Gasteiger partial charge < -0.3 is 25.0 Å². The van der Waals surface area contributed by atoms with Crippen LogP contribution in [0.1, 0.15) is 68.8 Å². The predicted octanol–water partition coefficient (Wildman–Crippen LogP) is 7.91. The number of carbonyl (C=O) groups excluding carboxylic acids is 1. The number of amides is 2. The number of imidazole rings is 1. The van der Waals surface area contributed by atoms with Crippen molar-refractivity contribution in [1.29, 1.82) is 0 Å². The van der Waals surface area contributed by atoms with Gasteiger partial charge in [0, 0.05) is 30.3 Å². The number of ether oxygens (including phenoxy) is 1. The average molecular weight is 555 g/mol. The Morgan fingerprint density at radius 1 is 1.05 bits per heavy atom. The Morgan fingerprint density at radius 2 is 1.80 bits per heavy atom. The van der Waals surface area contributed by atoms with Gasteiger partial charge in [0.15, 0.2) is 0 Å². The maximum Gasteiger partial charge on any atom is 0.511 e. The topological polar surface area (TPSA) is 105 Å². The summed E-state index contributed by atoms with van der Waals surface area (Å²) in [5.41, 5.74) is 6.41. The molecule has 1 aromatic heterocycles. The van der Waals surface area contributed by atoms with Crippen molar-refractivity contribution < 1.29 is 19.4 Å². The van der Waals surface area contributed by atoms with Gasteiger partial charge in [0.05, 0.1) is 11.0 Å². The van der Waals surface area contributed by atoms with Gasteiger partial charge in [-0.15, -0.1) is 0 Å². The number of unbranched alkanes of at least 4 members (excludes halogenated alkanes) is 1. The van der Waals surface area contributed by atoms with Gasteiger partial charge in [0.25, 0.3) is 0 Å². The van der Waals surface area contributed by atoms with Crippen LogP contribution in [0.2, 0.25) is 0 Å². The molecule has 1 fully saturated rings. The molecule has 8 nitrogen and oxygen atoms in total. The second kappa shape index (κ2) is 12.9. The van der Waals surface area contributed by atoms with Crippen molar-refractivity contribution in [3.8, 4) is 16.9 Å². The highest BCUT2D eigenvalue weighted by atomic mass is 16.7. The molecule has 41 heavy (non-hydrogen) atoms. The zero-order valence-corrected chi connectivity index (χ0v) is 23.8. The number of para-hydroxylation sites is 1. The van der Waals surface area contributed by atoms with Gasteiger partial charge in [-0.05, 0) is 61.1 Å². The Morgan fingerprint density at radius 3 is 2.54 bits per heavy atom. The quantitative estimate of drug-likeness (QED) is 0.144. The van der Waals surface area contributed by atoms with Crippen molar-refractivity contribution in [2.24, 2.45) is 0 Å². The SMILES string of the molecule is CCCCc1nc2c(C)cc(NC(=O)NC3CCCCC3)cc2n1Cc1ccc(-c2ccccc2OC(=O)O)cc1. The first-order chi connectivity index (χ1) is 19.9. The molecule has 0 atom stereocenters. The van der Waals surface area contributed by atoms with Crippen LogP contribution in [0.3, 0.4) is 0 Å². The summed E-state index contributed by atoms with van der Waals surface area (Å²) in [6.45, 7) is 4.84. The molecule has 0 unspecified atom stereocenters. The van der Waals surface area contributed by atoms with E-state index in [1.54, 1.807) is 12.1 Å². The third kappa shape index (κ3) is 6.88. The Kier molecular flexibility index (Phi) is 8.87. The van der Waals surface area contributed by atoms with Crippen molar-refractivity contribution in [3.63, 3.8) is 0 Å². The number of anilines is 1. The van der Waals surface area contributed by atoms with E-state index in [1.807, 2.05) is 43.3 Å². The third-order valence-corrected chi connectivity index (χ3v) is 7.77. The highest BCUT2D eigenvalue weighted by molar-refractivity contribution is 5.93. The molecule has 0 bridgehead atoms. The maximum atomic E-state index is 12.8. The molecular formula is C33H38N4O4. The van der Waals surface area contributed by atoms with E-state index < -0.39 is 6.16 Å². The van der Waals surface area contributed by atoms with E-state index in [2.05, 4.69) is 34.3 Å². The van der Waals surface area contributed by atoms with Crippen LogP contribution in [-0.4, -0.2) is 32.9 Å². The smallest absolute Gasteiger partial charge is 0.449 e. The number of aryl methyl sites for hydroxylation is 2. The molecule has 1 heterocycles. The van der Waals surface area contributed by atoms with Crippen LogP contribution in [-0.2, 0) is 13.0 Å². The fourth-order valence-electron chi connectivity index (χ4n) is 5.67. The molecule has 3 N–H and O–H groups in total. The van der Waals surface area contributed by atoms with E-state index in [-0.39, 0.29) is 12.1 Å². The molecule has 2 amide bonds. The average Bonchev–Trinajstić information content (AvgIpc) is 3.30. The summed E-state index contributed by atoms with van der Waals surface area (Å²) in [5, 5.41) is 15.3. The molecular weight excluding hydrogens is 516 g/mol. The number of urea groups is 1. The predicted molar refractivity (Wildman–Crippen MR) is 162 cm³/mol. The lowest BCUT2D eigenvalue weighted by molar-refractivity contribution is 0.144. The van der Waals surface area contributed by atoms with Gasteiger partial charge in [-0.2, -0.15) is 0 Å². The van der Waals surface area contributed by atoms with E-state index in [0.29, 0.717) is 12.3 Å². The molecule has 8 heteroatoms. The van der Waals surface area contributed by atoms with Crippen LogP contribution in [0.15, 0.2) is 60.7 Å². The number of hydrogen-bond acceptors (Lipinski definition) is 4. The maximum absolute atomic E-state index is 12.8. The van der Waals surface area contributed by atoms with Crippen molar-refractivity contribution in [1.82, 2.24) is 14.9 Å². The monoisotopic (exact) mass is 554 g/mol. The molecule has 0 aliphatic heterocycles. The lowest BCUT2D eigenvalue weighted by Crippen LogP contribution is -2.39. The minimum atomic E-state index is -1.34. The molecule has 1 aliphatic rings. The van der Waals surface area contributed by atoms with Crippen LogP contribution >= 0.6 is 0 Å². The molecule has 5 rings (SSSR count). The van der Waals surface area contributed by atoms with E-state index >= 15 is 0 Å². The standard InChI is InChI=1S/C33H38N4O4/c1-3-4-14-30-36-31-22(2)19-26(35-32(38)34-25-10-6-5-7-11-25)20-28(31)37(30)21-23-15-17-24(18-16-23)27-12-8-9-13-29(27)41-33(39)40/h8-9,12-13,15-20,25H,3-7,10-11,14,21H2,1-2H3,(H,39,40)(H2,34,35,38). The highest BCUT2D eigenvalue weighted by Gasteiger charge is 2.18. The first-order valence-electron chi connectivity index (χ1n) is 14.6. The summed E-state index contributed by atoms with van der Waals surface area (Å²) in [6, 6.07) is 19.3. The second-order valence-corrected chi connectivity index (χ2v) is 10.9. The highest BCUT2D eigenvalue weighted by Crippen LogP contribution is 2.31. The number of fused-ring (bicyclic) bond motifs is 1. The summed E-state index contributed by atoms with van der Waals surface area (Å²) < 4.78 is 7.23. The summed E-state index contributed by atoms with van der Waals surface area (Å²) in [6.07, 6.45) is 7.29. The Labute approximate surface area is 240 Å². The first kappa shape index (κ1) is 28.2. The van der Waals surface area contributed by atoms with Crippen LogP contribution < -0.4 is 15.4 Å². The summed E-state index contributed by atoms with van der Waals surface area (Å²) in [7, 11) is 0. The number of aromatic nitrogens is 2. The van der Waals surface area contributed by atoms with Gasteiger partial charge in [-0.25, -0.2) is 14.6 Å². The molecule has 214 valence electrons. The van der Waals surface area contributed by atoms with E-state index in [4.69, 9.17) is 14.8 Å². The van der Waals surface area contributed by atoms with Crippen LogP contribution in [0.5, 0.6) is 5.75 Å². The number of hydrogen-bond donors (Lipinski definition) is 3. The minimum Gasteiger partial charge on any atom is -0.449 e. The zero-order chi connectivity index (χ0) is 28.8. The van der Waals surface area contributed by atoms with E-state index in [0.717, 1.165) is 76.9 Å². The van der Waals surface area contributed by atoms with Crippen molar-refractivity contribution in [2.75, 3.05) is 5.32 Å². The molecule has 1 saturated carbocycles. The van der Waals surface area contributed by atoms with Crippen molar-refractivity contribution >= 4 is 28.9 Å². The Balaban J connectivity index is 1.41. The molecule has 1 aliphatic carbocycles. The van der Waals surface area contributed by atoms with Gasteiger partial charge >= 0.3 is 12.2 Å². The number of nitrogens with one attached hydrogen (secondary N) is 2. The molecule has 3 aromatic carbocycles. The lowest BCUT2D eigenvalue weighted by Gasteiger charge is -2.23. The van der Waals surface area contributed by atoms with Crippen molar-refractivity contribution in [3.05, 3.63) is 77.6 Å². The second-order valence-electron chi connectivity index (χ2n) is 10.9. The summed E-state index contributed by atoms with van der Waals surface area (Å²) in [5.74, 6) is 1.33. The summed E-state index contributed by atoms with van der Waals surface area (Å²) in [4.78, 5) is 29.0. The number of carbonyl (C=O) groups is 2. The van der Waals surface area contributed by atoms with Gasteiger partial charge in [0.1, 0.15) is 11.6 Å². The van der Waals surface area contributed by atoms with Gasteiger partial charge in [-0.3, -0.25) is 0 Å². The fourth-order valence-corrected chi connectivity index (χ4v) is 5.67. The first-order valence-corrected chi connectivity index (χ1v) is 14.6. The number of rotatable bonds is 9. The van der Waals surface area contributed by atoms with E-state index in [1.165, 1.54) is 19.3 Å². The van der Waals surface area contributed by atoms with Crippen molar-refractivity contribution in [2.45, 2.75) is 77.8 Å². The largest absolute Gasteiger partial charge is 0.511 e. The Hall–Kier alpha value is -4.33. The van der Waals surface area contributed by atoms with Gasteiger partial charge in [0.2, 0.25) is 0 Å². The molecule has 0 saturated heterocycles. The van der Waals surface area contributed by atoms with Crippen LogP contribution in [0.4, 0.5) is 15.3 Å². The number of carboxylic acid groups (broad SMARTS) is 1. The summed E-state index contributed by atoms with van der Waals surface area (Å²) >= 11 is 0. The van der Waals surface area contributed by atoms with E-state index in [9.17, 15) is 9.59 Å². The zero-order valence-electron chi connectivity index (χ0n) is 23.8. The normalized spacial score (nSPS) is 13.7. The number of nitrogens with zero attached hydrogens (tertiary/aromatic N) is 2. The van der Waals surface area contributed by atoms with Gasteiger partial charge in [-0.1, -0.05) is 75.1 Å². The van der Waals surface area contributed by atoms with Crippen LogP contribution in [0.25, 0.3) is 22.2 Å². The van der Waals surface area contributed by atoms with Crippen LogP contribution in [0, 0.1) is 6.92 Å². The molecule has 4 aromatic rings. The number of benzene rings is 3. The minimum absolute atomic E-state index is 0.157. The Bertz CT molecular complexity index is 1520. The lowest BCUT2D eigenvalue weighted by atomic mass is 9.96. The third-order valence-electron chi connectivity index (χ3n) is 7.77.